The monoisotopic (exact) mass is 546 g/mol. The molecule has 0 saturated heterocycles. The minimum absolute atomic E-state index is 0. The summed E-state index contributed by atoms with van der Waals surface area (Å²) in [6.07, 6.45) is 0. The van der Waals surface area contributed by atoms with Crippen LogP contribution in [0.4, 0.5) is 10.2 Å². The number of halogens is 1. The molecule has 0 aliphatic heterocycles. The minimum atomic E-state index is -4.22. The predicted octanol–water partition coefficient (Wildman–Crippen LogP) is 5.72. The third-order valence-corrected chi connectivity index (χ3v) is 6.54. The second-order valence-electron chi connectivity index (χ2n) is 10.9. The molecule has 1 amide bonds. The Hall–Kier alpha value is -3.53. The fourth-order valence-electron chi connectivity index (χ4n) is 3.82. The van der Waals surface area contributed by atoms with Gasteiger partial charge in [0.2, 0.25) is 0 Å². The van der Waals surface area contributed by atoms with E-state index in [0.717, 1.165) is 0 Å². The number of carbonyl (C=O) groups is 1. The summed E-state index contributed by atoms with van der Waals surface area (Å²) in [7, 11) is -2.45. The number of nitrogens with one attached hydrogen (secondary N) is 1. The number of aromatic nitrogens is 2. The maximum atomic E-state index is 14.4. The summed E-state index contributed by atoms with van der Waals surface area (Å²) in [6.45, 7) is 12.7. The lowest BCUT2D eigenvalue weighted by Crippen LogP contribution is -2.35. The fraction of sp³-hybridized carbons (Fsp3) is 0.393. The van der Waals surface area contributed by atoms with Crippen molar-refractivity contribution in [3.05, 3.63) is 65.6 Å². The highest BCUT2D eigenvalue weighted by Crippen LogP contribution is 2.29. The molecule has 1 aromatic carbocycles. The highest BCUT2D eigenvalue weighted by Gasteiger charge is 2.26. The second-order valence-corrected chi connectivity index (χ2v) is 12.5. The van der Waals surface area contributed by atoms with Gasteiger partial charge >= 0.3 is 0 Å². The lowest BCUT2D eigenvalue weighted by atomic mass is 9.96. The molecule has 0 unspecified atom stereocenters. The van der Waals surface area contributed by atoms with Crippen molar-refractivity contribution in [1.82, 2.24) is 14.7 Å². The van der Waals surface area contributed by atoms with E-state index in [-0.39, 0.29) is 30.6 Å². The summed E-state index contributed by atoms with van der Waals surface area (Å²) in [6, 6.07) is 11.9. The minimum Gasteiger partial charge on any atom is -0.493 e. The average molecular weight is 547 g/mol. The van der Waals surface area contributed by atoms with Crippen LogP contribution in [0.25, 0.3) is 11.3 Å². The standard InChI is InChI=1S/C28H35FN4O4S.2H2/c1-18(2)16-37-22-14-20(13-21(29)15-22)24-12-11-23(26(31-24)33(7)17-28(4,5)6)27(34)32-38(35,36)25-10-8-9-19(3)30-25;;/h8-15,18H,16-17H2,1-7H3,(H,32,34);2*1H. The number of hydrogen-bond donors (Lipinski definition) is 1. The average Bonchev–Trinajstić information content (AvgIpc) is 2.80. The number of anilines is 1. The van der Waals surface area contributed by atoms with Crippen LogP contribution in [0.15, 0.2) is 53.6 Å². The summed E-state index contributed by atoms with van der Waals surface area (Å²) < 4.78 is 48.0. The van der Waals surface area contributed by atoms with Crippen LogP contribution in [0.5, 0.6) is 5.75 Å². The van der Waals surface area contributed by atoms with Crippen molar-refractivity contribution in [3.8, 4) is 17.0 Å². The van der Waals surface area contributed by atoms with Gasteiger partial charge in [0.15, 0.2) is 5.03 Å². The Morgan fingerprint density at radius 2 is 1.84 bits per heavy atom. The summed E-state index contributed by atoms with van der Waals surface area (Å²) >= 11 is 0. The molecule has 38 heavy (non-hydrogen) atoms. The third kappa shape index (κ3) is 7.74. The zero-order chi connectivity index (χ0) is 28.3. The molecule has 0 saturated carbocycles. The lowest BCUT2D eigenvalue weighted by molar-refractivity contribution is 0.0981. The molecule has 3 aromatic rings. The van der Waals surface area contributed by atoms with Gasteiger partial charge in [0.05, 0.1) is 17.9 Å². The third-order valence-electron chi connectivity index (χ3n) is 5.31. The van der Waals surface area contributed by atoms with E-state index in [1.54, 1.807) is 43.1 Å². The van der Waals surface area contributed by atoms with E-state index in [2.05, 4.69) is 14.7 Å². The van der Waals surface area contributed by atoms with E-state index in [4.69, 9.17) is 4.74 Å². The van der Waals surface area contributed by atoms with Crippen LogP contribution in [-0.2, 0) is 10.0 Å². The maximum absolute atomic E-state index is 14.4. The zero-order valence-corrected chi connectivity index (χ0v) is 23.7. The number of aryl methyl sites for hydroxylation is 1. The molecule has 0 bridgehead atoms. The van der Waals surface area contributed by atoms with E-state index in [9.17, 15) is 17.6 Å². The highest BCUT2D eigenvalue weighted by atomic mass is 32.2. The number of carbonyl (C=O) groups excluding carboxylic acids is 1. The van der Waals surface area contributed by atoms with Crippen molar-refractivity contribution in [1.29, 1.82) is 0 Å². The van der Waals surface area contributed by atoms with Crippen molar-refractivity contribution in [2.75, 3.05) is 25.1 Å². The number of ether oxygens (including phenoxy) is 1. The molecular weight excluding hydrogens is 507 g/mol. The first-order valence-corrected chi connectivity index (χ1v) is 13.8. The SMILES string of the molecule is Cc1cccc(S(=O)(=O)NC(=O)c2ccc(-c3cc(F)cc(OCC(C)C)c3)nc2N(C)CC(C)(C)C)n1.[HH].[HH]. The molecule has 208 valence electrons. The number of rotatable bonds is 9. The van der Waals surface area contributed by atoms with E-state index >= 15 is 0 Å². The van der Waals surface area contributed by atoms with Crippen LogP contribution in [0.3, 0.4) is 0 Å². The van der Waals surface area contributed by atoms with Crippen molar-refractivity contribution >= 4 is 21.7 Å². The van der Waals surface area contributed by atoms with E-state index in [1.807, 2.05) is 34.6 Å². The molecular formula is C28H39FN4O4S. The molecule has 2 aromatic heterocycles. The number of amides is 1. The van der Waals surface area contributed by atoms with Crippen molar-refractivity contribution in [3.63, 3.8) is 0 Å². The zero-order valence-electron chi connectivity index (χ0n) is 22.9. The number of hydrogen-bond acceptors (Lipinski definition) is 7. The Balaban J connectivity index is 0.00000400. The molecule has 0 atom stereocenters. The first kappa shape index (κ1) is 29.0. The van der Waals surface area contributed by atoms with Gasteiger partial charge in [0.1, 0.15) is 17.4 Å². The second kappa shape index (κ2) is 11.5. The predicted molar refractivity (Wildman–Crippen MR) is 151 cm³/mol. The van der Waals surface area contributed by atoms with Gasteiger partial charge in [-0.15, -0.1) is 0 Å². The van der Waals surface area contributed by atoms with E-state index < -0.39 is 21.7 Å². The van der Waals surface area contributed by atoms with Crippen molar-refractivity contribution in [2.24, 2.45) is 11.3 Å². The summed E-state index contributed by atoms with van der Waals surface area (Å²) in [5.41, 5.74) is 1.29. The lowest BCUT2D eigenvalue weighted by Gasteiger charge is -2.29. The van der Waals surface area contributed by atoms with Gasteiger partial charge in [0, 0.05) is 33.8 Å². The Morgan fingerprint density at radius 3 is 2.47 bits per heavy atom. The number of sulfonamides is 1. The molecule has 10 heteroatoms. The van der Waals surface area contributed by atoms with Crippen LogP contribution in [0, 0.1) is 24.1 Å². The fourth-order valence-corrected chi connectivity index (χ4v) is 4.80. The summed E-state index contributed by atoms with van der Waals surface area (Å²) in [4.78, 5) is 23.7. The van der Waals surface area contributed by atoms with Crippen molar-refractivity contribution in [2.45, 2.75) is 46.6 Å². The van der Waals surface area contributed by atoms with Gasteiger partial charge in [0.25, 0.3) is 15.9 Å². The Labute approximate surface area is 227 Å². The first-order chi connectivity index (χ1) is 17.6. The highest BCUT2D eigenvalue weighted by molar-refractivity contribution is 7.90. The van der Waals surface area contributed by atoms with Crippen LogP contribution in [0.1, 0.15) is 53.5 Å². The van der Waals surface area contributed by atoms with Gasteiger partial charge in [-0.25, -0.2) is 19.1 Å². The van der Waals surface area contributed by atoms with Gasteiger partial charge in [-0.05, 0) is 54.7 Å². The Bertz CT molecular complexity index is 1430. The number of benzene rings is 1. The molecule has 0 aliphatic carbocycles. The van der Waals surface area contributed by atoms with Crippen LogP contribution < -0.4 is 14.4 Å². The molecule has 0 aliphatic rings. The van der Waals surface area contributed by atoms with Gasteiger partial charge in [-0.3, -0.25) is 4.79 Å². The number of pyridine rings is 2. The van der Waals surface area contributed by atoms with Gasteiger partial charge < -0.3 is 9.64 Å². The molecule has 0 fully saturated rings. The van der Waals surface area contributed by atoms with E-state index in [0.29, 0.717) is 35.9 Å². The Kier molecular flexibility index (Phi) is 8.76. The molecule has 0 spiro atoms. The smallest absolute Gasteiger partial charge is 0.281 e. The summed E-state index contributed by atoms with van der Waals surface area (Å²) in [5, 5.41) is -0.256. The summed E-state index contributed by atoms with van der Waals surface area (Å²) in [5.74, 6) is -0.425. The first-order valence-electron chi connectivity index (χ1n) is 12.3. The van der Waals surface area contributed by atoms with Crippen LogP contribution in [-0.4, -0.2) is 44.5 Å². The molecule has 3 rings (SSSR count). The Morgan fingerprint density at radius 1 is 1.13 bits per heavy atom. The molecule has 0 radical (unpaired) electrons. The quantitative estimate of drug-likeness (QED) is 0.366. The van der Waals surface area contributed by atoms with Crippen LogP contribution in [0.2, 0.25) is 0 Å². The van der Waals surface area contributed by atoms with Gasteiger partial charge in [-0.1, -0.05) is 40.7 Å². The molecule has 2 heterocycles. The molecule has 8 nitrogen and oxygen atoms in total. The van der Waals surface area contributed by atoms with E-state index in [1.165, 1.54) is 24.3 Å². The number of nitrogens with zero attached hydrogens (tertiary/aromatic N) is 3. The molecule has 1 N–H and O–H groups in total. The van der Waals surface area contributed by atoms with Crippen molar-refractivity contribution < 1.29 is 25.2 Å². The normalized spacial score (nSPS) is 11.9. The van der Waals surface area contributed by atoms with Crippen LogP contribution >= 0.6 is 0 Å². The van der Waals surface area contributed by atoms with Gasteiger partial charge in [-0.2, -0.15) is 8.42 Å². The largest absolute Gasteiger partial charge is 0.493 e. The topological polar surface area (TPSA) is 101 Å². The maximum Gasteiger partial charge on any atom is 0.281 e.